The smallest absolute Gasteiger partial charge is 0.242 e. The zero-order valence-corrected chi connectivity index (χ0v) is 11.7. The second-order valence-electron chi connectivity index (χ2n) is 4.47. The molecule has 2 rings (SSSR count). The third kappa shape index (κ3) is 3.19. The van der Waals surface area contributed by atoms with E-state index in [4.69, 9.17) is 11.6 Å². The van der Waals surface area contributed by atoms with Crippen LogP contribution in [-0.4, -0.2) is 42.9 Å². The topological polar surface area (TPSA) is 74.7 Å². The molecule has 1 atom stereocenters. The molecule has 5 nitrogen and oxygen atoms in total. The first-order chi connectivity index (χ1) is 8.93. The van der Waals surface area contributed by atoms with Gasteiger partial charge < -0.3 is 10.0 Å². The summed E-state index contributed by atoms with van der Waals surface area (Å²) in [5.41, 5.74) is 0.547. The van der Waals surface area contributed by atoms with Crippen LogP contribution in [0.5, 0.6) is 5.75 Å². The highest BCUT2D eigenvalue weighted by Gasteiger charge is 2.35. The molecule has 1 aromatic carbocycles. The number of amides is 1. The summed E-state index contributed by atoms with van der Waals surface area (Å²) < 4.78 is 23.1. The van der Waals surface area contributed by atoms with E-state index in [2.05, 4.69) is 0 Å². The quantitative estimate of drug-likeness (QED) is 0.850. The van der Waals surface area contributed by atoms with E-state index in [0.29, 0.717) is 12.1 Å². The molecule has 1 aliphatic heterocycles. The number of nitrogens with zero attached hydrogens (tertiary/aromatic N) is 1. The first-order valence-electron chi connectivity index (χ1n) is 5.80. The fourth-order valence-electron chi connectivity index (χ4n) is 2.22. The molecule has 0 aliphatic carbocycles. The first-order valence-corrected chi connectivity index (χ1v) is 8.16. The highest BCUT2D eigenvalue weighted by Crippen LogP contribution is 2.26. The van der Waals surface area contributed by atoms with Crippen LogP contribution in [0, 0.1) is 0 Å². The number of alkyl halides is 1. The molecule has 0 radical (unpaired) electrons. The van der Waals surface area contributed by atoms with Crippen LogP contribution in [0.2, 0.25) is 0 Å². The van der Waals surface area contributed by atoms with Crippen LogP contribution in [0.15, 0.2) is 24.3 Å². The van der Waals surface area contributed by atoms with Gasteiger partial charge in [0.2, 0.25) is 5.91 Å². The first kappa shape index (κ1) is 14.1. The number of rotatable bonds is 3. The number of phenolic OH excluding ortho intramolecular Hbond substituents is 1. The van der Waals surface area contributed by atoms with E-state index in [1.807, 2.05) is 0 Å². The lowest BCUT2D eigenvalue weighted by Crippen LogP contribution is -2.42. The second kappa shape index (κ2) is 5.38. The van der Waals surface area contributed by atoms with Gasteiger partial charge in [0, 0.05) is 5.69 Å². The molecular formula is C12H14ClNO4S. The molecule has 1 fully saturated rings. The Morgan fingerprint density at radius 1 is 1.37 bits per heavy atom. The normalized spacial score (nSPS) is 21.2. The summed E-state index contributed by atoms with van der Waals surface area (Å²) in [6.07, 6.45) is 0.409. The molecule has 0 bridgehead atoms. The molecule has 0 unspecified atom stereocenters. The van der Waals surface area contributed by atoms with E-state index in [-0.39, 0.29) is 35.1 Å². The van der Waals surface area contributed by atoms with Crippen molar-refractivity contribution in [3.05, 3.63) is 24.3 Å². The molecule has 7 heteroatoms. The number of aromatic hydroxyl groups is 1. The predicted octanol–water partition coefficient (Wildman–Crippen LogP) is 1.15. The van der Waals surface area contributed by atoms with Gasteiger partial charge in [-0.1, -0.05) is 0 Å². The summed E-state index contributed by atoms with van der Waals surface area (Å²) in [6.45, 7) is 0. The lowest BCUT2D eigenvalue weighted by molar-refractivity contribution is -0.116. The summed E-state index contributed by atoms with van der Waals surface area (Å²) in [5.74, 6) is -0.425. The Balaban J connectivity index is 2.32. The number of hydrogen-bond donors (Lipinski definition) is 1. The van der Waals surface area contributed by atoms with Crippen LogP contribution in [-0.2, 0) is 14.6 Å². The molecule has 19 heavy (non-hydrogen) atoms. The van der Waals surface area contributed by atoms with Gasteiger partial charge in [0.15, 0.2) is 9.84 Å². The maximum Gasteiger partial charge on any atom is 0.242 e. The van der Waals surface area contributed by atoms with Crippen LogP contribution in [0.4, 0.5) is 5.69 Å². The third-order valence-corrected chi connectivity index (χ3v) is 5.06. The SMILES string of the molecule is O=C(CCl)N(c1ccc(O)cc1)[C@H]1CCS(=O)(=O)C1. The van der Waals surface area contributed by atoms with Crippen molar-refractivity contribution in [2.75, 3.05) is 22.3 Å². The van der Waals surface area contributed by atoms with Gasteiger partial charge in [-0.05, 0) is 30.7 Å². The van der Waals surface area contributed by atoms with Gasteiger partial charge in [-0.15, -0.1) is 11.6 Å². The highest BCUT2D eigenvalue weighted by atomic mass is 35.5. The summed E-state index contributed by atoms with van der Waals surface area (Å²) >= 11 is 5.59. The summed E-state index contributed by atoms with van der Waals surface area (Å²) in [5, 5.41) is 9.26. The van der Waals surface area contributed by atoms with Crippen molar-refractivity contribution in [2.24, 2.45) is 0 Å². The maximum atomic E-state index is 11.9. The third-order valence-electron chi connectivity index (χ3n) is 3.08. The van der Waals surface area contributed by atoms with Gasteiger partial charge in [0.25, 0.3) is 0 Å². The Hall–Kier alpha value is -1.27. The summed E-state index contributed by atoms with van der Waals surface area (Å²) in [7, 11) is -3.08. The fraction of sp³-hybridized carbons (Fsp3) is 0.417. The number of phenols is 1. The summed E-state index contributed by atoms with van der Waals surface area (Å²) in [4.78, 5) is 13.3. The molecular weight excluding hydrogens is 290 g/mol. The Morgan fingerprint density at radius 3 is 2.47 bits per heavy atom. The highest BCUT2D eigenvalue weighted by molar-refractivity contribution is 7.91. The molecule has 1 N–H and O–H groups in total. The van der Waals surface area contributed by atoms with E-state index < -0.39 is 9.84 Å². The van der Waals surface area contributed by atoms with Crippen molar-refractivity contribution < 1.29 is 18.3 Å². The summed E-state index contributed by atoms with van der Waals surface area (Å²) in [6, 6.07) is 5.66. The van der Waals surface area contributed by atoms with Crippen LogP contribution in [0.3, 0.4) is 0 Å². The maximum absolute atomic E-state index is 11.9. The zero-order valence-electron chi connectivity index (χ0n) is 10.1. The van der Waals surface area contributed by atoms with Gasteiger partial charge in [-0.25, -0.2) is 8.42 Å². The van der Waals surface area contributed by atoms with Crippen LogP contribution < -0.4 is 4.90 Å². The Kier molecular flexibility index (Phi) is 4.01. The minimum absolute atomic E-state index is 0.0451. The molecule has 1 heterocycles. The van der Waals surface area contributed by atoms with Crippen molar-refractivity contribution in [3.8, 4) is 5.75 Å². The number of halogens is 1. The van der Waals surface area contributed by atoms with Crippen LogP contribution >= 0.6 is 11.6 Å². The van der Waals surface area contributed by atoms with Crippen molar-refractivity contribution >= 4 is 33.0 Å². The number of anilines is 1. The van der Waals surface area contributed by atoms with E-state index in [1.165, 1.54) is 17.0 Å². The molecule has 1 amide bonds. The van der Waals surface area contributed by atoms with E-state index in [9.17, 15) is 18.3 Å². The van der Waals surface area contributed by atoms with Crippen molar-refractivity contribution in [2.45, 2.75) is 12.5 Å². The van der Waals surface area contributed by atoms with Crippen molar-refractivity contribution in [1.29, 1.82) is 0 Å². The van der Waals surface area contributed by atoms with Gasteiger partial charge in [0.1, 0.15) is 11.6 Å². The van der Waals surface area contributed by atoms with E-state index >= 15 is 0 Å². The largest absolute Gasteiger partial charge is 0.508 e. The standard InChI is InChI=1S/C12H14ClNO4S/c13-7-12(16)14(9-1-3-11(15)4-2-9)10-5-6-19(17,18)8-10/h1-4,10,15H,5-8H2/t10-/m0/s1. The lowest BCUT2D eigenvalue weighted by atomic mass is 10.2. The number of hydrogen-bond acceptors (Lipinski definition) is 4. The fourth-order valence-corrected chi connectivity index (χ4v) is 4.04. The molecule has 1 saturated heterocycles. The number of carbonyl (C=O) groups excluding carboxylic acids is 1. The van der Waals surface area contributed by atoms with Gasteiger partial charge >= 0.3 is 0 Å². The lowest BCUT2D eigenvalue weighted by Gasteiger charge is -2.27. The van der Waals surface area contributed by atoms with Crippen LogP contribution in [0.25, 0.3) is 0 Å². The molecule has 0 aromatic heterocycles. The van der Waals surface area contributed by atoms with Gasteiger partial charge in [-0.3, -0.25) is 4.79 Å². The monoisotopic (exact) mass is 303 g/mol. The molecule has 104 valence electrons. The number of sulfone groups is 1. The van der Waals surface area contributed by atoms with Crippen LogP contribution in [0.1, 0.15) is 6.42 Å². The second-order valence-corrected chi connectivity index (χ2v) is 6.97. The van der Waals surface area contributed by atoms with Crippen molar-refractivity contribution in [1.82, 2.24) is 0 Å². The Bertz CT molecular complexity index is 570. The van der Waals surface area contributed by atoms with E-state index in [1.54, 1.807) is 12.1 Å². The Morgan fingerprint density at radius 2 is 2.00 bits per heavy atom. The van der Waals surface area contributed by atoms with Crippen molar-refractivity contribution in [3.63, 3.8) is 0 Å². The zero-order chi connectivity index (χ0) is 14.0. The molecule has 1 aliphatic rings. The average molecular weight is 304 g/mol. The average Bonchev–Trinajstić information content (AvgIpc) is 2.72. The Labute approximate surface area is 116 Å². The minimum Gasteiger partial charge on any atom is -0.508 e. The molecule has 1 aromatic rings. The predicted molar refractivity (Wildman–Crippen MR) is 73.4 cm³/mol. The minimum atomic E-state index is -3.08. The van der Waals surface area contributed by atoms with Gasteiger partial charge in [0.05, 0.1) is 17.5 Å². The number of carbonyl (C=O) groups is 1. The van der Waals surface area contributed by atoms with E-state index in [0.717, 1.165) is 0 Å². The van der Waals surface area contributed by atoms with Gasteiger partial charge in [-0.2, -0.15) is 0 Å². The number of benzene rings is 1. The molecule has 0 spiro atoms. The molecule has 0 saturated carbocycles.